The van der Waals surface area contributed by atoms with Crippen LogP contribution in [-0.4, -0.2) is 16.0 Å². The molecule has 0 heterocycles. The SMILES string of the molecule is CC(Cl)(C(=O)O)C1C=CCC1. The number of hydrogen-bond donors (Lipinski definition) is 1. The van der Waals surface area contributed by atoms with E-state index in [0.717, 1.165) is 12.8 Å². The van der Waals surface area contributed by atoms with Crippen LogP contribution in [0.25, 0.3) is 0 Å². The largest absolute Gasteiger partial charge is 0.480 e. The van der Waals surface area contributed by atoms with Crippen LogP contribution < -0.4 is 0 Å². The van der Waals surface area contributed by atoms with Crippen molar-refractivity contribution in [1.29, 1.82) is 0 Å². The molecule has 2 unspecified atom stereocenters. The van der Waals surface area contributed by atoms with E-state index in [1.807, 2.05) is 12.2 Å². The molecule has 1 rings (SSSR count). The normalized spacial score (nSPS) is 28.4. The molecule has 3 heteroatoms. The van der Waals surface area contributed by atoms with Crippen LogP contribution >= 0.6 is 11.6 Å². The lowest BCUT2D eigenvalue weighted by Crippen LogP contribution is -2.35. The van der Waals surface area contributed by atoms with Gasteiger partial charge >= 0.3 is 5.97 Å². The van der Waals surface area contributed by atoms with Gasteiger partial charge in [0.2, 0.25) is 0 Å². The summed E-state index contributed by atoms with van der Waals surface area (Å²) in [6.07, 6.45) is 5.67. The molecule has 0 aliphatic heterocycles. The number of carboxylic acids is 1. The van der Waals surface area contributed by atoms with Crippen molar-refractivity contribution in [3.8, 4) is 0 Å². The number of rotatable bonds is 2. The molecule has 2 nitrogen and oxygen atoms in total. The zero-order valence-corrected chi connectivity index (χ0v) is 7.14. The molecule has 0 radical (unpaired) electrons. The molecule has 0 bridgehead atoms. The Morgan fingerprint density at radius 3 is 2.82 bits per heavy atom. The third-order valence-electron chi connectivity index (χ3n) is 2.13. The molecule has 2 atom stereocenters. The van der Waals surface area contributed by atoms with Crippen molar-refractivity contribution in [2.75, 3.05) is 0 Å². The lowest BCUT2D eigenvalue weighted by molar-refractivity contribution is -0.140. The summed E-state index contributed by atoms with van der Waals surface area (Å²) in [5.41, 5.74) is 0. The standard InChI is InChI=1S/C8H11ClO2/c1-8(9,7(10)11)6-4-2-3-5-6/h2,4,6H,3,5H2,1H3,(H,10,11). The van der Waals surface area contributed by atoms with Crippen molar-refractivity contribution in [3.63, 3.8) is 0 Å². The van der Waals surface area contributed by atoms with E-state index in [-0.39, 0.29) is 5.92 Å². The van der Waals surface area contributed by atoms with Crippen molar-refractivity contribution in [3.05, 3.63) is 12.2 Å². The Balaban J connectivity index is 2.71. The summed E-state index contributed by atoms with van der Waals surface area (Å²) in [7, 11) is 0. The number of allylic oxidation sites excluding steroid dienone is 2. The maximum absolute atomic E-state index is 10.6. The van der Waals surface area contributed by atoms with Crippen molar-refractivity contribution in [1.82, 2.24) is 0 Å². The highest BCUT2D eigenvalue weighted by Crippen LogP contribution is 2.33. The van der Waals surface area contributed by atoms with E-state index in [4.69, 9.17) is 16.7 Å². The molecule has 0 aromatic carbocycles. The van der Waals surface area contributed by atoms with E-state index in [1.54, 1.807) is 6.92 Å². The number of hydrogen-bond acceptors (Lipinski definition) is 1. The number of carbonyl (C=O) groups is 1. The van der Waals surface area contributed by atoms with Gasteiger partial charge in [0.15, 0.2) is 0 Å². The van der Waals surface area contributed by atoms with Gasteiger partial charge in [-0.25, -0.2) is 0 Å². The summed E-state index contributed by atoms with van der Waals surface area (Å²) in [5.74, 6) is -0.947. The van der Waals surface area contributed by atoms with Gasteiger partial charge in [0.1, 0.15) is 4.87 Å². The predicted octanol–water partition coefficient (Wildman–Crippen LogP) is 2.03. The molecule has 0 saturated carbocycles. The molecular weight excluding hydrogens is 164 g/mol. The number of aliphatic carboxylic acids is 1. The maximum atomic E-state index is 10.6. The lowest BCUT2D eigenvalue weighted by Gasteiger charge is -2.22. The molecule has 0 fully saturated rings. The molecule has 1 aliphatic carbocycles. The monoisotopic (exact) mass is 174 g/mol. The fraction of sp³-hybridized carbons (Fsp3) is 0.625. The summed E-state index contributed by atoms with van der Waals surface area (Å²) in [4.78, 5) is 9.52. The first-order valence-electron chi connectivity index (χ1n) is 3.64. The summed E-state index contributed by atoms with van der Waals surface area (Å²) >= 11 is 5.83. The molecular formula is C8H11ClO2. The fourth-order valence-electron chi connectivity index (χ4n) is 1.24. The lowest BCUT2D eigenvalue weighted by atomic mass is 9.93. The average molecular weight is 175 g/mol. The summed E-state index contributed by atoms with van der Waals surface area (Å²) in [6, 6.07) is 0. The number of carboxylic acid groups (broad SMARTS) is 1. The van der Waals surface area contributed by atoms with Gasteiger partial charge in [0.25, 0.3) is 0 Å². The van der Waals surface area contributed by atoms with Gasteiger partial charge in [-0.15, -0.1) is 11.6 Å². The zero-order valence-electron chi connectivity index (χ0n) is 6.38. The van der Waals surface area contributed by atoms with Crippen LogP contribution in [0.15, 0.2) is 12.2 Å². The van der Waals surface area contributed by atoms with Gasteiger partial charge in [-0.1, -0.05) is 12.2 Å². The van der Waals surface area contributed by atoms with Gasteiger partial charge < -0.3 is 5.11 Å². The topological polar surface area (TPSA) is 37.3 Å². The summed E-state index contributed by atoms with van der Waals surface area (Å²) in [5, 5.41) is 8.74. The first kappa shape index (κ1) is 8.60. The molecule has 1 N–H and O–H groups in total. The predicted molar refractivity (Wildman–Crippen MR) is 43.8 cm³/mol. The minimum atomic E-state index is -1.12. The smallest absolute Gasteiger partial charge is 0.325 e. The van der Waals surface area contributed by atoms with Crippen molar-refractivity contribution in [2.45, 2.75) is 24.6 Å². The average Bonchev–Trinajstić information content (AvgIpc) is 2.37. The van der Waals surface area contributed by atoms with Crippen LogP contribution in [0, 0.1) is 5.92 Å². The van der Waals surface area contributed by atoms with Gasteiger partial charge in [-0.05, 0) is 19.8 Å². The van der Waals surface area contributed by atoms with Crippen molar-refractivity contribution in [2.24, 2.45) is 5.92 Å². The molecule has 11 heavy (non-hydrogen) atoms. The third kappa shape index (κ3) is 1.56. The highest BCUT2D eigenvalue weighted by molar-refractivity contribution is 6.33. The minimum absolute atomic E-state index is 0.0123. The maximum Gasteiger partial charge on any atom is 0.325 e. The highest BCUT2D eigenvalue weighted by Gasteiger charge is 2.38. The number of halogens is 1. The second-order valence-electron chi connectivity index (χ2n) is 2.99. The second-order valence-corrected chi connectivity index (χ2v) is 3.78. The van der Waals surface area contributed by atoms with E-state index in [2.05, 4.69) is 0 Å². The Morgan fingerprint density at radius 2 is 2.45 bits per heavy atom. The van der Waals surface area contributed by atoms with Crippen LogP contribution in [-0.2, 0) is 4.79 Å². The van der Waals surface area contributed by atoms with Gasteiger partial charge in [0.05, 0.1) is 0 Å². The molecule has 1 aliphatic rings. The van der Waals surface area contributed by atoms with E-state index < -0.39 is 10.8 Å². The van der Waals surface area contributed by atoms with Crippen LogP contribution in [0.2, 0.25) is 0 Å². The Hall–Kier alpha value is -0.500. The van der Waals surface area contributed by atoms with Crippen molar-refractivity contribution < 1.29 is 9.90 Å². The van der Waals surface area contributed by atoms with E-state index in [0.29, 0.717) is 0 Å². The third-order valence-corrected chi connectivity index (χ3v) is 2.57. The molecule has 0 saturated heterocycles. The fourth-order valence-corrected chi connectivity index (χ4v) is 1.42. The summed E-state index contributed by atoms with van der Waals surface area (Å²) < 4.78 is 0. The minimum Gasteiger partial charge on any atom is -0.480 e. The molecule has 62 valence electrons. The first-order valence-corrected chi connectivity index (χ1v) is 4.02. The Bertz CT molecular complexity index is 196. The van der Waals surface area contributed by atoms with Gasteiger partial charge in [-0.2, -0.15) is 0 Å². The van der Waals surface area contributed by atoms with Crippen LogP contribution in [0.4, 0.5) is 0 Å². The van der Waals surface area contributed by atoms with Crippen LogP contribution in [0.5, 0.6) is 0 Å². The van der Waals surface area contributed by atoms with Crippen molar-refractivity contribution >= 4 is 17.6 Å². The Morgan fingerprint density at radius 1 is 1.82 bits per heavy atom. The number of alkyl halides is 1. The molecule has 0 amide bonds. The van der Waals surface area contributed by atoms with Gasteiger partial charge in [0, 0.05) is 5.92 Å². The quantitative estimate of drug-likeness (QED) is 0.514. The first-order chi connectivity index (χ1) is 5.05. The van der Waals surface area contributed by atoms with Gasteiger partial charge in [-0.3, -0.25) is 4.79 Å². The Labute approximate surface area is 70.9 Å². The highest BCUT2D eigenvalue weighted by atomic mass is 35.5. The van der Waals surface area contributed by atoms with E-state index in [9.17, 15) is 4.79 Å². The van der Waals surface area contributed by atoms with E-state index >= 15 is 0 Å². The molecule has 0 aromatic rings. The molecule has 0 aromatic heterocycles. The zero-order chi connectivity index (χ0) is 8.48. The Kier molecular flexibility index (Phi) is 2.23. The molecule has 0 spiro atoms. The van der Waals surface area contributed by atoms with Crippen LogP contribution in [0.3, 0.4) is 0 Å². The van der Waals surface area contributed by atoms with E-state index in [1.165, 1.54) is 0 Å². The van der Waals surface area contributed by atoms with Crippen LogP contribution in [0.1, 0.15) is 19.8 Å². The summed E-state index contributed by atoms with van der Waals surface area (Å²) in [6.45, 7) is 1.55. The second kappa shape index (κ2) is 2.86.